The molecule has 0 unspecified atom stereocenters. The van der Waals surface area contributed by atoms with Crippen molar-refractivity contribution in [1.29, 1.82) is 5.26 Å². The average Bonchev–Trinajstić information content (AvgIpc) is 2.88. The molecule has 0 aliphatic carbocycles. The molecular formula is C18H14Cl2N2O2. The van der Waals surface area contributed by atoms with Gasteiger partial charge in [0.15, 0.2) is 0 Å². The Balaban J connectivity index is 1.87. The van der Waals surface area contributed by atoms with Gasteiger partial charge in [-0.1, -0.05) is 47.5 Å². The molecule has 1 fully saturated rings. The zero-order chi connectivity index (χ0) is 16.9. The molecule has 0 bridgehead atoms. The van der Waals surface area contributed by atoms with Gasteiger partial charge in [0.2, 0.25) is 0 Å². The number of hydroxylamine groups is 2. The molecule has 2 aliphatic rings. The maximum absolute atomic E-state index is 10.1. The molecule has 6 heteroatoms. The van der Waals surface area contributed by atoms with Crippen LogP contribution in [-0.4, -0.2) is 18.7 Å². The predicted octanol–water partition coefficient (Wildman–Crippen LogP) is 4.56. The summed E-state index contributed by atoms with van der Waals surface area (Å²) >= 11 is 12.4. The van der Waals surface area contributed by atoms with Crippen LogP contribution in [0.15, 0.2) is 42.5 Å². The first-order chi connectivity index (χ1) is 11.6. The van der Waals surface area contributed by atoms with Crippen molar-refractivity contribution >= 4 is 23.2 Å². The Labute approximate surface area is 150 Å². The summed E-state index contributed by atoms with van der Waals surface area (Å²) in [5, 5.41) is 12.8. The molecular weight excluding hydrogens is 347 g/mol. The van der Waals surface area contributed by atoms with Gasteiger partial charge in [0.05, 0.1) is 12.1 Å². The van der Waals surface area contributed by atoms with Crippen molar-refractivity contribution in [2.75, 3.05) is 13.7 Å². The van der Waals surface area contributed by atoms with E-state index in [1.54, 1.807) is 17.2 Å². The molecule has 2 aliphatic heterocycles. The normalized spacial score (nSPS) is 28.6. The molecule has 2 aromatic carbocycles. The van der Waals surface area contributed by atoms with Crippen molar-refractivity contribution in [2.45, 2.75) is 12.1 Å². The zero-order valence-electron chi connectivity index (χ0n) is 12.9. The van der Waals surface area contributed by atoms with Gasteiger partial charge in [-0.25, -0.2) is 0 Å². The van der Waals surface area contributed by atoms with Gasteiger partial charge >= 0.3 is 0 Å². The first-order valence-electron chi connectivity index (χ1n) is 7.54. The maximum Gasteiger partial charge on any atom is 0.145 e. The first-order valence-corrected chi connectivity index (χ1v) is 8.30. The van der Waals surface area contributed by atoms with Crippen LogP contribution in [-0.2, 0) is 4.84 Å². The lowest BCUT2D eigenvalue weighted by atomic mass is 9.71. The van der Waals surface area contributed by atoms with E-state index in [1.165, 1.54) is 0 Å². The van der Waals surface area contributed by atoms with Crippen LogP contribution in [0.4, 0.5) is 0 Å². The number of para-hydroxylation sites is 1. The fourth-order valence-electron chi connectivity index (χ4n) is 3.65. The molecule has 0 N–H and O–H groups in total. The predicted molar refractivity (Wildman–Crippen MR) is 90.8 cm³/mol. The van der Waals surface area contributed by atoms with Gasteiger partial charge in [-0.05, 0) is 18.2 Å². The van der Waals surface area contributed by atoms with E-state index >= 15 is 0 Å². The van der Waals surface area contributed by atoms with Gasteiger partial charge in [0, 0.05) is 28.2 Å². The molecule has 0 amide bonds. The van der Waals surface area contributed by atoms with Crippen LogP contribution in [0.3, 0.4) is 0 Å². The standard InChI is InChI=1S/C18H14Cl2N2O2/c1-22-16-13-4-2-3-5-15(13)23-10-18(16,9-21)17(24-22)12-7-6-11(19)8-14(12)20/h2-8,16-17H,10H2,1H3/t16-,17-,18+/m0/s1. The second kappa shape index (κ2) is 5.65. The Morgan fingerprint density at radius 2 is 2.00 bits per heavy atom. The third-order valence-electron chi connectivity index (χ3n) is 4.72. The topological polar surface area (TPSA) is 45.5 Å². The summed E-state index contributed by atoms with van der Waals surface area (Å²) in [7, 11) is 1.84. The fourth-order valence-corrected chi connectivity index (χ4v) is 4.16. The summed E-state index contributed by atoms with van der Waals surface area (Å²) in [5.74, 6) is 0.784. The summed E-state index contributed by atoms with van der Waals surface area (Å²) in [5.41, 5.74) is 0.793. The van der Waals surface area contributed by atoms with Crippen molar-refractivity contribution in [3.05, 3.63) is 63.6 Å². The number of nitriles is 1. The van der Waals surface area contributed by atoms with Gasteiger partial charge in [0.25, 0.3) is 0 Å². The molecule has 0 saturated carbocycles. The molecule has 4 rings (SSSR count). The maximum atomic E-state index is 10.1. The summed E-state index contributed by atoms with van der Waals surface area (Å²) in [6, 6.07) is 15.2. The van der Waals surface area contributed by atoms with Crippen LogP contribution in [0.2, 0.25) is 10.0 Å². The van der Waals surface area contributed by atoms with Crippen LogP contribution in [0, 0.1) is 16.7 Å². The van der Waals surface area contributed by atoms with E-state index in [2.05, 4.69) is 6.07 Å². The third kappa shape index (κ3) is 2.13. The number of benzene rings is 2. The first kappa shape index (κ1) is 15.7. The fraction of sp³-hybridized carbons (Fsp3) is 0.278. The molecule has 2 aromatic rings. The molecule has 1 saturated heterocycles. The minimum atomic E-state index is -0.888. The smallest absolute Gasteiger partial charge is 0.145 e. The van der Waals surface area contributed by atoms with Crippen molar-refractivity contribution in [2.24, 2.45) is 5.41 Å². The van der Waals surface area contributed by atoms with E-state index < -0.39 is 11.5 Å². The molecule has 2 heterocycles. The van der Waals surface area contributed by atoms with Crippen LogP contribution >= 0.6 is 23.2 Å². The summed E-state index contributed by atoms with van der Waals surface area (Å²) in [4.78, 5) is 6.07. The average molecular weight is 361 g/mol. The van der Waals surface area contributed by atoms with Crippen molar-refractivity contribution in [3.63, 3.8) is 0 Å². The highest BCUT2D eigenvalue weighted by atomic mass is 35.5. The SMILES string of the molecule is CN1O[C@@H](c2ccc(Cl)cc2Cl)[C@]2(C#N)COc3ccccc3[C@H]12. The Hall–Kier alpha value is -1.77. The number of hydrogen-bond acceptors (Lipinski definition) is 4. The van der Waals surface area contributed by atoms with E-state index in [1.807, 2.05) is 37.4 Å². The second-order valence-electron chi connectivity index (χ2n) is 6.08. The van der Waals surface area contributed by atoms with E-state index in [4.69, 9.17) is 32.8 Å². The second-order valence-corrected chi connectivity index (χ2v) is 6.92. The summed E-state index contributed by atoms with van der Waals surface area (Å²) in [6.07, 6.45) is -0.532. The Morgan fingerprint density at radius 1 is 1.21 bits per heavy atom. The quantitative estimate of drug-likeness (QED) is 0.747. The van der Waals surface area contributed by atoms with E-state index in [0.717, 1.165) is 16.9 Å². The molecule has 3 atom stereocenters. The number of halogens is 2. The highest BCUT2D eigenvalue weighted by Crippen LogP contribution is 2.59. The van der Waals surface area contributed by atoms with Crippen molar-refractivity contribution in [3.8, 4) is 11.8 Å². The molecule has 0 aromatic heterocycles. The molecule has 4 nitrogen and oxygen atoms in total. The largest absolute Gasteiger partial charge is 0.491 e. The van der Waals surface area contributed by atoms with Crippen molar-refractivity contribution < 1.29 is 9.57 Å². The lowest BCUT2D eigenvalue weighted by molar-refractivity contribution is -0.147. The minimum absolute atomic E-state index is 0.232. The number of hydrogen-bond donors (Lipinski definition) is 0. The van der Waals surface area contributed by atoms with Gasteiger partial charge in [-0.3, -0.25) is 4.84 Å². The Morgan fingerprint density at radius 3 is 2.75 bits per heavy atom. The molecule has 24 heavy (non-hydrogen) atoms. The van der Waals surface area contributed by atoms with Crippen molar-refractivity contribution in [1.82, 2.24) is 5.06 Å². The number of ether oxygens (including phenoxy) is 1. The Kier molecular flexibility index (Phi) is 3.70. The molecule has 0 spiro atoms. The summed E-state index contributed by atoms with van der Waals surface area (Å²) in [6.45, 7) is 0.235. The van der Waals surface area contributed by atoms with Crippen LogP contribution < -0.4 is 4.74 Å². The van der Waals surface area contributed by atoms with Crippen LogP contribution in [0.5, 0.6) is 5.75 Å². The minimum Gasteiger partial charge on any atom is -0.491 e. The van der Waals surface area contributed by atoms with Gasteiger partial charge in [-0.2, -0.15) is 10.3 Å². The van der Waals surface area contributed by atoms with Crippen LogP contribution in [0.25, 0.3) is 0 Å². The lowest BCUT2D eigenvalue weighted by Gasteiger charge is -2.37. The molecule has 0 radical (unpaired) electrons. The monoisotopic (exact) mass is 360 g/mol. The van der Waals surface area contributed by atoms with Gasteiger partial charge in [-0.15, -0.1) is 0 Å². The van der Waals surface area contributed by atoms with Crippen LogP contribution in [0.1, 0.15) is 23.3 Å². The highest BCUT2D eigenvalue weighted by molar-refractivity contribution is 6.35. The number of rotatable bonds is 1. The highest BCUT2D eigenvalue weighted by Gasteiger charge is 2.60. The number of nitrogens with zero attached hydrogens (tertiary/aromatic N) is 2. The molecule has 122 valence electrons. The van der Waals surface area contributed by atoms with Gasteiger partial charge < -0.3 is 4.74 Å². The zero-order valence-corrected chi connectivity index (χ0v) is 14.4. The number of fused-ring (bicyclic) bond motifs is 3. The van der Waals surface area contributed by atoms with E-state index in [-0.39, 0.29) is 12.6 Å². The van der Waals surface area contributed by atoms with E-state index in [0.29, 0.717) is 10.0 Å². The Bertz CT molecular complexity index is 851. The van der Waals surface area contributed by atoms with E-state index in [9.17, 15) is 5.26 Å². The third-order valence-corrected chi connectivity index (χ3v) is 5.29. The summed E-state index contributed by atoms with van der Waals surface area (Å²) < 4.78 is 5.90. The van der Waals surface area contributed by atoms with Gasteiger partial charge in [0.1, 0.15) is 23.9 Å². The lowest BCUT2D eigenvalue weighted by Crippen LogP contribution is -2.40.